The second-order valence-electron chi connectivity index (χ2n) is 7.72. The van der Waals surface area contributed by atoms with Crippen LogP contribution in [0.5, 0.6) is 5.75 Å². The van der Waals surface area contributed by atoms with Crippen molar-refractivity contribution in [2.45, 2.75) is 25.2 Å². The Kier molecular flexibility index (Phi) is 6.15. The number of aromatic amines is 1. The predicted octanol–water partition coefficient (Wildman–Crippen LogP) is 3.91. The highest BCUT2D eigenvalue weighted by Gasteiger charge is 2.22. The first-order chi connectivity index (χ1) is 14.2. The molecule has 1 fully saturated rings. The average molecular weight is 392 g/mol. The molecule has 0 aliphatic carbocycles. The molecule has 1 unspecified atom stereocenters. The lowest BCUT2D eigenvalue weighted by Crippen LogP contribution is -2.34. The van der Waals surface area contributed by atoms with Gasteiger partial charge in [0.15, 0.2) is 0 Å². The van der Waals surface area contributed by atoms with Gasteiger partial charge in [-0.25, -0.2) is 0 Å². The van der Waals surface area contributed by atoms with Gasteiger partial charge in [0.2, 0.25) is 5.91 Å². The fourth-order valence-electron chi connectivity index (χ4n) is 4.27. The minimum Gasteiger partial charge on any atom is -0.497 e. The van der Waals surface area contributed by atoms with Crippen molar-refractivity contribution < 1.29 is 9.53 Å². The Hall–Kier alpha value is -2.79. The number of nitrogens with one attached hydrogen (secondary N) is 2. The van der Waals surface area contributed by atoms with E-state index in [1.165, 1.54) is 12.8 Å². The number of amides is 1. The summed E-state index contributed by atoms with van der Waals surface area (Å²) in [6.45, 7) is 3.94. The molecule has 1 atom stereocenters. The largest absolute Gasteiger partial charge is 0.497 e. The summed E-state index contributed by atoms with van der Waals surface area (Å²) in [5.74, 6) is 0.858. The van der Waals surface area contributed by atoms with Crippen molar-refractivity contribution in [1.82, 2.24) is 15.2 Å². The maximum absolute atomic E-state index is 12.8. The summed E-state index contributed by atoms with van der Waals surface area (Å²) in [5, 5.41) is 4.28. The van der Waals surface area contributed by atoms with Crippen LogP contribution in [0.15, 0.2) is 54.7 Å². The van der Waals surface area contributed by atoms with Crippen LogP contribution in [0.4, 0.5) is 0 Å². The van der Waals surface area contributed by atoms with Gasteiger partial charge < -0.3 is 19.9 Å². The van der Waals surface area contributed by atoms with Gasteiger partial charge in [-0.15, -0.1) is 0 Å². The smallest absolute Gasteiger partial charge is 0.220 e. The molecule has 3 aromatic rings. The van der Waals surface area contributed by atoms with Gasteiger partial charge in [-0.3, -0.25) is 4.79 Å². The Bertz CT molecular complexity index is 959. The number of ether oxygens (including phenoxy) is 1. The number of fused-ring (bicyclic) bond motifs is 1. The number of H-pyrrole nitrogens is 1. The van der Waals surface area contributed by atoms with Crippen LogP contribution in [-0.2, 0) is 4.79 Å². The first-order valence-electron chi connectivity index (χ1n) is 10.4. The summed E-state index contributed by atoms with van der Waals surface area (Å²) in [7, 11) is 1.67. The SMILES string of the molecule is COc1cccc(C(CC(=O)NCCN2CCCC2)c2c[nH]c3ccccc23)c1. The lowest BCUT2D eigenvalue weighted by Gasteiger charge is -2.19. The third-order valence-corrected chi connectivity index (χ3v) is 5.83. The van der Waals surface area contributed by atoms with Gasteiger partial charge in [0.05, 0.1) is 7.11 Å². The van der Waals surface area contributed by atoms with Crippen molar-refractivity contribution in [3.8, 4) is 5.75 Å². The van der Waals surface area contributed by atoms with Crippen molar-refractivity contribution in [3.05, 3.63) is 65.9 Å². The molecule has 2 aromatic carbocycles. The van der Waals surface area contributed by atoms with Crippen molar-refractivity contribution in [2.75, 3.05) is 33.3 Å². The summed E-state index contributed by atoms with van der Waals surface area (Å²) in [6, 6.07) is 16.3. The zero-order valence-corrected chi connectivity index (χ0v) is 17.0. The van der Waals surface area contributed by atoms with Gasteiger partial charge in [0.25, 0.3) is 0 Å². The average Bonchev–Trinajstić information content (AvgIpc) is 3.42. The number of para-hydroxylation sites is 1. The molecule has 0 radical (unpaired) electrons. The van der Waals surface area contributed by atoms with Crippen LogP contribution in [0.2, 0.25) is 0 Å². The molecule has 29 heavy (non-hydrogen) atoms. The van der Waals surface area contributed by atoms with Crippen LogP contribution >= 0.6 is 0 Å². The van der Waals surface area contributed by atoms with Gasteiger partial charge in [0.1, 0.15) is 5.75 Å². The molecule has 1 saturated heterocycles. The van der Waals surface area contributed by atoms with Gasteiger partial charge in [-0.1, -0.05) is 30.3 Å². The maximum atomic E-state index is 12.8. The Balaban J connectivity index is 1.54. The number of likely N-dealkylation sites (tertiary alicyclic amines) is 1. The van der Waals surface area contributed by atoms with Crippen LogP contribution in [-0.4, -0.2) is 49.1 Å². The van der Waals surface area contributed by atoms with Gasteiger partial charge >= 0.3 is 0 Å². The molecule has 2 heterocycles. The minimum atomic E-state index is -0.0342. The van der Waals surface area contributed by atoms with Crippen LogP contribution in [0.3, 0.4) is 0 Å². The number of rotatable bonds is 8. The zero-order valence-electron chi connectivity index (χ0n) is 17.0. The van der Waals surface area contributed by atoms with Crippen molar-refractivity contribution in [1.29, 1.82) is 0 Å². The minimum absolute atomic E-state index is 0.0342. The highest BCUT2D eigenvalue weighted by Crippen LogP contribution is 2.34. The summed E-state index contributed by atoms with van der Waals surface area (Å²) in [6.07, 6.45) is 4.99. The van der Waals surface area contributed by atoms with E-state index in [9.17, 15) is 4.79 Å². The van der Waals surface area contributed by atoms with Crippen LogP contribution in [0.1, 0.15) is 36.3 Å². The van der Waals surface area contributed by atoms with Gasteiger partial charge in [-0.05, 0) is 55.3 Å². The molecule has 0 spiro atoms. The molecule has 0 saturated carbocycles. The molecular weight excluding hydrogens is 362 g/mol. The molecule has 5 nitrogen and oxygen atoms in total. The van der Waals surface area contributed by atoms with Crippen molar-refractivity contribution in [3.63, 3.8) is 0 Å². The highest BCUT2D eigenvalue weighted by molar-refractivity contribution is 5.86. The van der Waals surface area contributed by atoms with Crippen LogP contribution < -0.4 is 10.1 Å². The number of hydrogen-bond acceptors (Lipinski definition) is 3. The molecule has 152 valence electrons. The highest BCUT2D eigenvalue weighted by atomic mass is 16.5. The molecule has 0 bridgehead atoms. The van der Waals surface area contributed by atoms with E-state index in [0.29, 0.717) is 13.0 Å². The lowest BCUT2D eigenvalue weighted by molar-refractivity contribution is -0.121. The fraction of sp³-hybridized carbons (Fsp3) is 0.375. The standard InChI is InChI=1S/C24H29N3O2/c1-29-19-8-6-7-18(15-19)21(22-17-26-23-10-3-2-9-20(22)23)16-24(28)25-11-14-27-12-4-5-13-27/h2-3,6-10,15,17,21,26H,4-5,11-14,16H2,1H3,(H,25,28). The summed E-state index contributed by atoms with van der Waals surface area (Å²) in [5.41, 5.74) is 3.32. The monoisotopic (exact) mass is 391 g/mol. The van der Waals surface area contributed by atoms with E-state index in [1.54, 1.807) is 7.11 Å². The van der Waals surface area contributed by atoms with Crippen LogP contribution in [0, 0.1) is 0 Å². The third-order valence-electron chi connectivity index (χ3n) is 5.83. The summed E-state index contributed by atoms with van der Waals surface area (Å²) < 4.78 is 5.42. The molecule has 1 aliphatic rings. The molecule has 1 aromatic heterocycles. The maximum Gasteiger partial charge on any atom is 0.220 e. The van der Waals surface area contributed by atoms with Crippen LogP contribution in [0.25, 0.3) is 10.9 Å². The number of benzene rings is 2. The van der Waals surface area contributed by atoms with Crippen molar-refractivity contribution in [2.24, 2.45) is 0 Å². The fourth-order valence-corrected chi connectivity index (χ4v) is 4.27. The van der Waals surface area contributed by atoms with E-state index in [2.05, 4.69) is 33.4 Å². The summed E-state index contributed by atoms with van der Waals surface area (Å²) >= 11 is 0. The molecule has 4 rings (SSSR count). The third kappa shape index (κ3) is 4.62. The number of aromatic nitrogens is 1. The second kappa shape index (κ2) is 9.14. The molecule has 1 aliphatic heterocycles. The van der Waals surface area contributed by atoms with E-state index in [1.807, 2.05) is 36.5 Å². The van der Waals surface area contributed by atoms with E-state index in [4.69, 9.17) is 4.74 Å². The molecular formula is C24H29N3O2. The molecule has 5 heteroatoms. The quantitative estimate of drug-likeness (QED) is 0.612. The first-order valence-corrected chi connectivity index (χ1v) is 10.4. The normalized spacial score (nSPS) is 15.5. The number of carbonyl (C=O) groups is 1. The van der Waals surface area contributed by atoms with E-state index in [0.717, 1.165) is 47.4 Å². The van der Waals surface area contributed by atoms with E-state index >= 15 is 0 Å². The second-order valence-corrected chi connectivity index (χ2v) is 7.72. The number of methoxy groups -OCH3 is 1. The number of carbonyl (C=O) groups excluding carboxylic acids is 1. The van der Waals surface area contributed by atoms with Gasteiger partial charge in [0, 0.05) is 42.5 Å². The number of nitrogens with zero attached hydrogens (tertiary/aromatic N) is 1. The van der Waals surface area contributed by atoms with Gasteiger partial charge in [-0.2, -0.15) is 0 Å². The Morgan fingerprint density at radius 2 is 2.00 bits per heavy atom. The Labute approximate surface area is 172 Å². The zero-order chi connectivity index (χ0) is 20.1. The van der Waals surface area contributed by atoms with E-state index < -0.39 is 0 Å². The first kappa shape index (κ1) is 19.5. The predicted molar refractivity (Wildman–Crippen MR) is 116 cm³/mol. The Morgan fingerprint density at radius 1 is 1.17 bits per heavy atom. The summed E-state index contributed by atoms with van der Waals surface area (Å²) in [4.78, 5) is 18.6. The number of hydrogen-bond donors (Lipinski definition) is 2. The van der Waals surface area contributed by atoms with E-state index in [-0.39, 0.29) is 11.8 Å². The van der Waals surface area contributed by atoms with Crippen molar-refractivity contribution >= 4 is 16.8 Å². The molecule has 1 amide bonds. The lowest BCUT2D eigenvalue weighted by atomic mass is 9.88. The topological polar surface area (TPSA) is 57.4 Å². The molecule has 2 N–H and O–H groups in total. The Morgan fingerprint density at radius 3 is 2.83 bits per heavy atom.